The molecule has 0 bridgehead atoms. The van der Waals surface area contributed by atoms with Crippen molar-refractivity contribution in [2.75, 3.05) is 6.61 Å². The third-order valence-corrected chi connectivity index (χ3v) is 6.15. The lowest BCUT2D eigenvalue weighted by molar-refractivity contribution is 0.0174. The molecule has 0 saturated carbocycles. The predicted octanol–water partition coefficient (Wildman–Crippen LogP) is 3.68. The predicted molar refractivity (Wildman–Crippen MR) is 130 cm³/mol. The van der Waals surface area contributed by atoms with E-state index in [1.54, 1.807) is 28.8 Å². The molecule has 0 saturated heterocycles. The van der Waals surface area contributed by atoms with Gasteiger partial charge in [-0.3, -0.25) is 13.9 Å². The number of aliphatic hydroxyl groups is 1. The zero-order chi connectivity index (χ0) is 25.3. The molecule has 4 rings (SSSR count). The number of hydrogen-bond acceptors (Lipinski definition) is 4. The van der Waals surface area contributed by atoms with Gasteiger partial charge in [0.1, 0.15) is 5.82 Å². The Kier molecular flexibility index (Phi) is 6.91. The molecule has 2 aromatic carbocycles. The molecule has 7 nitrogen and oxygen atoms in total. The number of rotatable bonds is 8. The normalized spacial score (nSPS) is 11.9. The van der Waals surface area contributed by atoms with Gasteiger partial charge in [0, 0.05) is 50.7 Å². The van der Waals surface area contributed by atoms with Crippen molar-refractivity contribution in [3.63, 3.8) is 0 Å². The van der Waals surface area contributed by atoms with Crippen molar-refractivity contribution in [2.45, 2.75) is 38.8 Å². The molecule has 2 aromatic heterocycles. The van der Waals surface area contributed by atoms with E-state index in [0.717, 1.165) is 17.1 Å². The van der Waals surface area contributed by atoms with Gasteiger partial charge in [-0.15, -0.1) is 0 Å². The van der Waals surface area contributed by atoms with Crippen molar-refractivity contribution in [3.05, 3.63) is 96.9 Å². The summed E-state index contributed by atoms with van der Waals surface area (Å²) in [6, 6.07) is 13.2. The monoisotopic (exact) mass is 502 g/mol. The van der Waals surface area contributed by atoms with E-state index in [1.807, 2.05) is 12.1 Å². The average Bonchev–Trinajstić information content (AvgIpc) is 3.16. The van der Waals surface area contributed by atoms with Crippen LogP contribution < -0.4 is 11.2 Å². The summed E-state index contributed by atoms with van der Waals surface area (Å²) < 4.78 is 31.9. The number of halogens is 3. The van der Waals surface area contributed by atoms with Gasteiger partial charge in [-0.2, -0.15) is 0 Å². The smallest absolute Gasteiger partial charge is 0.332 e. The molecule has 10 heteroatoms. The second-order valence-corrected chi connectivity index (χ2v) is 8.99. The molecular formula is C25H25ClF2N4O3. The Morgan fingerprint density at radius 1 is 1.06 bits per heavy atom. The molecule has 35 heavy (non-hydrogen) atoms. The van der Waals surface area contributed by atoms with E-state index in [-0.39, 0.29) is 49.3 Å². The van der Waals surface area contributed by atoms with Gasteiger partial charge in [0.2, 0.25) is 0 Å². The van der Waals surface area contributed by atoms with Crippen molar-refractivity contribution in [3.8, 4) is 0 Å². The second kappa shape index (κ2) is 9.75. The van der Waals surface area contributed by atoms with Gasteiger partial charge in [0.15, 0.2) is 11.2 Å². The first kappa shape index (κ1) is 24.8. The minimum absolute atomic E-state index is 0.0625. The topological polar surface area (TPSA) is 82.0 Å². The van der Waals surface area contributed by atoms with Crippen LogP contribution in [-0.4, -0.2) is 30.4 Å². The zero-order valence-corrected chi connectivity index (χ0v) is 20.1. The van der Waals surface area contributed by atoms with Gasteiger partial charge in [-0.1, -0.05) is 41.9 Å². The molecule has 0 aliphatic carbocycles. The first-order valence-corrected chi connectivity index (χ1v) is 11.5. The number of imidazole rings is 1. The van der Waals surface area contributed by atoms with Crippen LogP contribution in [0.5, 0.6) is 0 Å². The van der Waals surface area contributed by atoms with Crippen molar-refractivity contribution in [2.24, 2.45) is 7.05 Å². The third-order valence-electron chi connectivity index (χ3n) is 5.90. The van der Waals surface area contributed by atoms with E-state index in [2.05, 4.69) is 4.98 Å². The van der Waals surface area contributed by atoms with Gasteiger partial charge >= 0.3 is 5.69 Å². The highest BCUT2D eigenvalue weighted by atomic mass is 35.5. The van der Waals surface area contributed by atoms with E-state index in [4.69, 9.17) is 11.6 Å². The summed E-state index contributed by atoms with van der Waals surface area (Å²) in [4.78, 5) is 30.9. The van der Waals surface area contributed by atoms with Crippen LogP contribution in [0.2, 0.25) is 5.02 Å². The van der Waals surface area contributed by atoms with Gasteiger partial charge < -0.3 is 9.67 Å². The molecule has 184 valence electrons. The first-order valence-electron chi connectivity index (χ1n) is 11.1. The van der Waals surface area contributed by atoms with Gasteiger partial charge in [-0.25, -0.2) is 18.6 Å². The lowest BCUT2D eigenvalue weighted by atomic mass is 10.0. The molecule has 0 spiro atoms. The fraction of sp³-hybridized carbons (Fsp3) is 0.320. The zero-order valence-electron chi connectivity index (χ0n) is 19.3. The number of nitrogens with zero attached hydrogens (tertiary/aromatic N) is 4. The summed E-state index contributed by atoms with van der Waals surface area (Å²) in [5.41, 5.74) is 0.716. The number of benzene rings is 2. The quantitative estimate of drug-likeness (QED) is 0.398. The van der Waals surface area contributed by atoms with E-state index in [1.165, 1.54) is 23.7 Å². The first-order chi connectivity index (χ1) is 16.6. The molecule has 0 unspecified atom stereocenters. The Morgan fingerprint density at radius 3 is 2.43 bits per heavy atom. The highest BCUT2D eigenvalue weighted by Gasteiger charge is 2.25. The molecule has 0 radical (unpaired) electrons. The average molecular weight is 503 g/mol. The maximum absolute atomic E-state index is 13.9. The molecule has 1 N–H and O–H groups in total. The van der Waals surface area contributed by atoms with Crippen LogP contribution in [0.15, 0.2) is 58.1 Å². The largest absolute Gasteiger partial charge is 0.396 e. The van der Waals surface area contributed by atoms with E-state index >= 15 is 0 Å². The minimum atomic E-state index is -3.00. The number of aliphatic hydroxyl groups excluding tert-OH is 1. The molecule has 2 heterocycles. The van der Waals surface area contributed by atoms with E-state index < -0.39 is 17.2 Å². The fourth-order valence-electron chi connectivity index (χ4n) is 4.06. The Morgan fingerprint density at radius 2 is 1.77 bits per heavy atom. The summed E-state index contributed by atoms with van der Waals surface area (Å²) in [7, 11) is 1.53. The maximum Gasteiger partial charge on any atom is 0.332 e. The van der Waals surface area contributed by atoms with Gasteiger partial charge in [0.25, 0.3) is 11.5 Å². The summed E-state index contributed by atoms with van der Waals surface area (Å²) in [5.74, 6) is -2.54. The van der Waals surface area contributed by atoms with Gasteiger partial charge in [-0.05, 0) is 35.7 Å². The second-order valence-electron chi connectivity index (χ2n) is 8.55. The molecule has 4 aromatic rings. The molecule has 0 aliphatic rings. The van der Waals surface area contributed by atoms with Crippen molar-refractivity contribution >= 4 is 22.8 Å². The van der Waals surface area contributed by atoms with Crippen LogP contribution in [0.1, 0.15) is 35.9 Å². The molecule has 0 aliphatic heterocycles. The van der Waals surface area contributed by atoms with Crippen LogP contribution in [0, 0.1) is 0 Å². The molecule has 0 amide bonds. The molecule has 0 atom stereocenters. The summed E-state index contributed by atoms with van der Waals surface area (Å²) in [6.45, 7) is 1.00. The van der Waals surface area contributed by atoms with Crippen molar-refractivity contribution in [1.82, 2.24) is 18.7 Å². The number of aromatic nitrogens is 4. The lowest BCUT2D eigenvalue weighted by Gasteiger charge is -2.13. The Balaban J connectivity index is 1.91. The van der Waals surface area contributed by atoms with Gasteiger partial charge in [0.05, 0.1) is 0 Å². The fourth-order valence-corrected chi connectivity index (χ4v) is 4.18. The Hall–Kier alpha value is -3.30. The Bertz CT molecular complexity index is 1480. The maximum atomic E-state index is 13.9. The SMILES string of the molecule is Cn1c(=O)n(CCCO)c(=O)c2c1nc(Cc1cccc(C(C)(F)F)c1)n2Cc1ccc(Cl)cc1. The van der Waals surface area contributed by atoms with Crippen LogP contribution in [0.25, 0.3) is 11.2 Å². The lowest BCUT2D eigenvalue weighted by Crippen LogP contribution is -2.40. The van der Waals surface area contributed by atoms with Crippen LogP contribution in [-0.2, 0) is 32.5 Å². The van der Waals surface area contributed by atoms with Crippen LogP contribution >= 0.6 is 11.6 Å². The molecule has 0 fully saturated rings. The summed E-state index contributed by atoms with van der Waals surface area (Å²) >= 11 is 6.02. The number of aryl methyl sites for hydroxylation is 1. The summed E-state index contributed by atoms with van der Waals surface area (Å²) in [6.07, 6.45) is 0.424. The summed E-state index contributed by atoms with van der Waals surface area (Å²) in [5, 5.41) is 9.77. The molecular weight excluding hydrogens is 478 g/mol. The van der Waals surface area contributed by atoms with Crippen molar-refractivity contribution in [1.29, 1.82) is 0 Å². The Labute approximate surface area is 204 Å². The van der Waals surface area contributed by atoms with Crippen molar-refractivity contribution < 1.29 is 13.9 Å². The van der Waals surface area contributed by atoms with Crippen LogP contribution in [0.4, 0.5) is 8.78 Å². The van der Waals surface area contributed by atoms with E-state index in [9.17, 15) is 23.5 Å². The highest BCUT2D eigenvalue weighted by molar-refractivity contribution is 6.30. The van der Waals surface area contributed by atoms with E-state index in [0.29, 0.717) is 16.4 Å². The number of alkyl halides is 2. The minimum Gasteiger partial charge on any atom is -0.396 e. The highest BCUT2D eigenvalue weighted by Crippen LogP contribution is 2.28. The third kappa shape index (κ3) is 5.06. The standard InChI is InChI=1S/C25H25ClF2N4O3/c1-25(27,28)18-6-3-5-17(13-18)14-20-29-22-21(32(20)15-16-7-9-19(26)10-8-16)23(34)31(11-4-12-33)24(35)30(22)2/h3,5-10,13,33H,4,11-12,14-15H2,1-2H3. The number of fused-ring (bicyclic) bond motifs is 1. The van der Waals surface area contributed by atoms with Crippen LogP contribution in [0.3, 0.4) is 0 Å². The number of hydrogen-bond donors (Lipinski definition) is 1.